The van der Waals surface area contributed by atoms with E-state index in [1.807, 2.05) is 49.1 Å². The van der Waals surface area contributed by atoms with Crippen molar-refractivity contribution in [2.24, 2.45) is 0 Å². The molecule has 0 radical (unpaired) electrons. The van der Waals surface area contributed by atoms with Crippen LogP contribution in [0.3, 0.4) is 0 Å². The molecule has 7 heteroatoms. The number of benzene rings is 1. The van der Waals surface area contributed by atoms with Gasteiger partial charge in [0.15, 0.2) is 0 Å². The van der Waals surface area contributed by atoms with E-state index in [-0.39, 0.29) is 5.91 Å². The molecule has 0 saturated carbocycles. The first-order valence-corrected chi connectivity index (χ1v) is 8.89. The Balaban J connectivity index is 1.68. The molecule has 2 aromatic rings. The van der Waals surface area contributed by atoms with Crippen LogP contribution in [0.1, 0.15) is 23.0 Å². The summed E-state index contributed by atoms with van der Waals surface area (Å²) < 4.78 is 5.32. The molecule has 0 spiro atoms. The Labute approximate surface area is 154 Å². The maximum Gasteiger partial charge on any atom is 0.257 e. The smallest absolute Gasteiger partial charge is 0.257 e. The number of hydrogen-bond donors (Lipinski definition) is 1. The third-order valence-electron chi connectivity index (χ3n) is 4.40. The number of amides is 1. The van der Waals surface area contributed by atoms with Crippen molar-refractivity contribution >= 4 is 17.7 Å². The minimum atomic E-state index is 0.00862. The van der Waals surface area contributed by atoms with Gasteiger partial charge in [0.2, 0.25) is 5.95 Å². The van der Waals surface area contributed by atoms with Gasteiger partial charge in [0.25, 0.3) is 5.91 Å². The normalized spacial score (nSPS) is 14.3. The molecule has 0 bridgehead atoms. The Morgan fingerprint density at radius 2 is 1.92 bits per heavy atom. The van der Waals surface area contributed by atoms with Crippen LogP contribution in [0.4, 0.5) is 11.8 Å². The average molecular weight is 355 g/mol. The molecule has 0 aliphatic carbocycles. The van der Waals surface area contributed by atoms with E-state index in [4.69, 9.17) is 4.74 Å². The summed E-state index contributed by atoms with van der Waals surface area (Å²) in [7, 11) is 1.59. The van der Waals surface area contributed by atoms with Crippen molar-refractivity contribution in [3.05, 3.63) is 41.6 Å². The van der Waals surface area contributed by atoms with E-state index in [1.54, 1.807) is 7.11 Å². The Kier molecular flexibility index (Phi) is 5.55. The minimum absolute atomic E-state index is 0.00862. The van der Waals surface area contributed by atoms with Crippen molar-refractivity contribution in [3.8, 4) is 5.75 Å². The van der Waals surface area contributed by atoms with Gasteiger partial charge < -0.3 is 19.9 Å². The number of hydrogen-bond acceptors (Lipinski definition) is 6. The van der Waals surface area contributed by atoms with Crippen LogP contribution in [0, 0.1) is 6.92 Å². The summed E-state index contributed by atoms with van der Waals surface area (Å²) in [6.45, 7) is 7.55. The average Bonchev–Trinajstić information content (AvgIpc) is 2.67. The molecule has 1 fully saturated rings. The molecular weight excluding hydrogens is 330 g/mol. The van der Waals surface area contributed by atoms with E-state index < -0.39 is 0 Å². The number of para-hydroxylation sites is 1. The quantitative estimate of drug-likeness (QED) is 0.887. The maximum absolute atomic E-state index is 12.8. The summed E-state index contributed by atoms with van der Waals surface area (Å²) in [4.78, 5) is 25.8. The molecule has 1 aromatic heterocycles. The molecule has 1 aromatic carbocycles. The van der Waals surface area contributed by atoms with Crippen molar-refractivity contribution in [1.82, 2.24) is 14.9 Å². The van der Waals surface area contributed by atoms with E-state index in [2.05, 4.69) is 20.2 Å². The highest BCUT2D eigenvalue weighted by molar-refractivity contribution is 5.97. The van der Waals surface area contributed by atoms with Gasteiger partial charge in [-0.25, -0.2) is 4.98 Å². The Bertz CT molecular complexity index is 772. The number of nitrogens with zero attached hydrogens (tertiary/aromatic N) is 4. The zero-order valence-electron chi connectivity index (χ0n) is 15.5. The number of aryl methyl sites for hydroxylation is 1. The van der Waals surface area contributed by atoms with Crippen molar-refractivity contribution in [2.45, 2.75) is 13.8 Å². The highest BCUT2D eigenvalue weighted by atomic mass is 16.5. The molecule has 7 nitrogen and oxygen atoms in total. The fraction of sp³-hybridized carbons (Fsp3) is 0.421. The fourth-order valence-electron chi connectivity index (χ4n) is 3.08. The zero-order chi connectivity index (χ0) is 18.5. The number of ether oxygens (including phenoxy) is 1. The zero-order valence-corrected chi connectivity index (χ0v) is 15.5. The first kappa shape index (κ1) is 18.0. The van der Waals surface area contributed by atoms with Gasteiger partial charge in [-0.2, -0.15) is 4.98 Å². The monoisotopic (exact) mass is 355 g/mol. The highest BCUT2D eigenvalue weighted by Gasteiger charge is 2.25. The maximum atomic E-state index is 12.8. The molecule has 1 saturated heterocycles. The van der Waals surface area contributed by atoms with Gasteiger partial charge in [-0.3, -0.25) is 4.79 Å². The largest absolute Gasteiger partial charge is 0.496 e. The van der Waals surface area contributed by atoms with Crippen LogP contribution in [-0.2, 0) is 0 Å². The summed E-state index contributed by atoms with van der Waals surface area (Å²) in [5.41, 5.74) is 1.54. The van der Waals surface area contributed by atoms with Crippen LogP contribution >= 0.6 is 0 Å². The number of carbonyl (C=O) groups excluding carboxylic acids is 1. The van der Waals surface area contributed by atoms with Crippen LogP contribution in [0.5, 0.6) is 5.75 Å². The van der Waals surface area contributed by atoms with E-state index >= 15 is 0 Å². The van der Waals surface area contributed by atoms with E-state index in [9.17, 15) is 4.79 Å². The lowest BCUT2D eigenvalue weighted by molar-refractivity contribution is 0.0743. The van der Waals surface area contributed by atoms with Crippen LogP contribution in [0.2, 0.25) is 0 Å². The van der Waals surface area contributed by atoms with Gasteiger partial charge in [-0.05, 0) is 26.0 Å². The number of methoxy groups -OCH3 is 1. The van der Waals surface area contributed by atoms with E-state index in [0.717, 1.165) is 31.1 Å². The van der Waals surface area contributed by atoms with Gasteiger partial charge in [0.1, 0.15) is 11.6 Å². The molecule has 1 N–H and O–H groups in total. The van der Waals surface area contributed by atoms with Gasteiger partial charge in [-0.1, -0.05) is 12.1 Å². The predicted octanol–water partition coefficient (Wildman–Crippen LogP) is 2.19. The molecule has 0 unspecified atom stereocenters. The first-order valence-electron chi connectivity index (χ1n) is 8.89. The Hall–Kier alpha value is -2.83. The second-order valence-corrected chi connectivity index (χ2v) is 6.20. The second kappa shape index (κ2) is 8.03. The van der Waals surface area contributed by atoms with Crippen molar-refractivity contribution in [3.63, 3.8) is 0 Å². The Morgan fingerprint density at radius 3 is 2.62 bits per heavy atom. The molecule has 26 heavy (non-hydrogen) atoms. The lowest BCUT2D eigenvalue weighted by Crippen LogP contribution is -2.49. The lowest BCUT2D eigenvalue weighted by atomic mass is 10.1. The molecule has 2 heterocycles. The minimum Gasteiger partial charge on any atom is -0.496 e. The number of rotatable bonds is 5. The summed E-state index contributed by atoms with van der Waals surface area (Å²) in [5, 5.41) is 3.16. The van der Waals surface area contributed by atoms with Gasteiger partial charge >= 0.3 is 0 Å². The third-order valence-corrected chi connectivity index (χ3v) is 4.40. The number of aromatic nitrogens is 2. The van der Waals surface area contributed by atoms with Crippen LogP contribution in [0.15, 0.2) is 30.3 Å². The predicted molar refractivity (Wildman–Crippen MR) is 102 cm³/mol. The summed E-state index contributed by atoms with van der Waals surface area (Å²) in [6.07, 6.45) is 0. The van der Waals surface area contributed by atoms with Gasteiger partial charge in [0, 0.05) is 44.5 Å². The molecule has 0 atom stereocenters. The fourth-order valence-corrected chi connectivity index (χ4v) is 3.08. The number of piperazine rings is 1. The second-order valence-electron chi connectivity index (χ2n) is 6.20. The van der Waals surface area contributed by atoms with Crippen LogP contribution < -0.4 is 15.0 Å². The van der Waals surface area contributed by atoms with Crippen LogP contribution in [-0.4, -0.2) is 60.6 Å². The van der Waals surface area contributed by atoms with E-state index in [1.165, 1.54) is 0 Å². The Morgan fingerprint density at radius 1 is 1.19 bits per heavy atom. The van der Waals surface area contributed by atoms with Crippen molar-refractivity contribution in [2.75, 3.05) is 50.1 Å². The van der Waals surface area contributed by atoms with Gasteiger partial charge in [-0.15, -0.1) is 0 Å². The molecule has 1 aliphatic heterocycles. The summed E-state index contributed by atoms with van der Waals surface area (Å²) in [5.74, 6) is 2.17. The topological polar surface area (TPSA) is 70.6 Å². The van der Waals surface area contributed by atoms with E-state index in [0.29, 0.717) is 30.4 Å². The molecular formula is C19H25N5O2. The third kappa shape index (κ3) is 3.87. The molecule has 1 amide bonds. The summed E-state index contributed by atoms with van der Waals surface area (Å²) >= 11 is 0. The van der Waals surface area contributed by atoms with Crippen LogP contribution in [0.25, 0.3) is 0 Å². The molecule has 138 valence electrons. The molecule has 1 aliphatic rings. The number of nitrogens with one attached hydrogen (secondary N) is 1. The number of anilines is 2. The van der Waals surface area contributed by atoms with Crippen molar-refractivity contribution in [1.29, 1.82) is 0 Å². The lowest BCUT2D eigenvalue weighted by Gasteiger charge is -2.35. The standard InChI is InChI=1S/C19H25N5O2/c1-4-20-19-21-14(2)13-17(22-19)23-9-11-24(12-10-23)18(25)15-7-5-6-8-16(15)26-3/h5-8,13H,4,9-12H2,1-3H3,(H,20,21,22). The SMILES string of the molecule is CCNc1nc(C)cc(N2CCN(C(=O)c3ccccc3OC)CC2)n1. The highest BCUT2D eigenvalue weighted by Crippen LogP contribution is 2.22. The number of carbonyl (C=O) groups is 1. The van der Waals surface area contributed by atoms with Gasteiger partial charge in [0.05, 0.1) is 12.7 Å². The first-order chi connectivity index (χ1) is 12.6. The summed E-state index contributed by atoms with van der Waals surface area (Å²) in [6, 6.07) is 9.34. The van der Waals surface area contributed by atoms with Crippen molar-refractivity contribution < 1.29 is 9.53 Å². The molecule has 3 rings (SSSR count).